The van der Waals surface area contributed by atoms with E-state index in [0.717, 1.165) is 66.9 Å². The summed E-state index contributed by atoms with van der Waals surface area (Å²) in [6.45, 7) is 0. The van der Waals surface area contributed by atoms with Crippen LogP contribution in [0.4, 0.5) is 0 Å². The van der Waals surface area contributed by atoms with Crippen molar-refractivity contribution in [2.75, 3.05) is 0 Å². The number of aryl methyl sites for hydroxylation is 1. The normalized spacial score (nSPS) is 11.8. The molecule has 46 heavy (non-hydrogen) atoms. The molecule has 0 unspecified atom stereocenters. The van der Waals surface area contributed by atoms with E-state index in [1.54, 1.807) is 0 Å². The Bertz CT molecular complexity index is 2800. The summed E-state index contributed by atoms with van der Waals surface area (Å²) in [5.74, 6) is 1.72. The van der Waals surface area contributed by atoms with Gasteiger partial charge in [-0.25, -0.2) is 9.97 Å². The molecule has 5 heterocycles. The third-order valence-corrected chi connectivity index (χ3v) is 9.16. The maximum absolute atomic E-state index is 6.48. The average Bonchev–Trinajstić information content (AvgIpc) is 3.84. The third-order valence-electron chi connectivity index (χ3n) is 9.16. The number of rotatable bonds is 3. The monoisotopic (exact) mass is 774 g/mol. The Balaban J connectivity index is 0.00000292. The smallest absolute Gasteiger partial charge is 0.452 e. The minimum atomic E-state index is 0. The molecule has 0 fully saturated rings. The van der Waals surface area contributed by atoms with E-state index in [9.17, 15) is 0 Å². The summed E-state index contributed by atoms with van der Waals surface area (Å²) in [5.41, 5.74) is 8.24. The maximum atomic E-state index is 6.48. The second-order valence-electron chi connectivity index (χ2n) is 11.6. The summed E-state index contributed by atoms with van der Waals surface area (Å²) in [5, 5.41) is 6.91. The Labute approximate surface area is 277 Å². The zero-order chi connectivity index (χ0) is 29.6. The van der Waals surface area contributed by atoms with Gasteiger partial charge in [0, 0.05) is 69.2 Å². The molecule has 0 amide bonds. The molecule has 0 radical (unpaired) electrons. The average molecular weight is 775 g/mol. The number of fused-ring (bicyclic) bond motifs is 9. The van der Waals surface area contributed by atoms with Crippen LogP contribution in [-0.4, -0.2) is 23.7 Å². The number of aromatic nitrogens is 5. The first-order valence-corrected chi connectivity index (χ1v) is 15.1. The van der Waals surface area contributed by atoms with Crippen LogP contribution in [0.2, 0.25) is 0 Å². The first-order chi connectivity index (χ1) is 22.2. The van der Waals surface area contributed by atoms with Crippen LogP contribution in [0.5, 0.6) is 0 Å². The van der Waals surface area contributed by atoms with Crippen LogP contribution in [0.3, 0.4) is 0 Å². The Morgan fingerprint density at radius 3 is 1.96 bits per heavy atom. The molecule has 0 atom stereocenters. The molecular formula is C39H25N5OPt+2. The van der Waals surface area contributed by atoms with Crippen LogP contribution in [0.25, 0.3) is 88.4 Å². The van der Waals surface area contributed by atoms with Gasteiger partial charge in [0.15, 0.2) is 11.4 Å². The molecule has 0 aliphatic carbocycles. The second kappa shape index (κ2) is 10.0. The van der Waals surface area contributed by atoms with Crippen molar-refractivity contribution in [1.82, 2.24) is 23.7 Å². The summed E-state index contributed by atoms with van der Waals surface area (Å²) >= 11 is 0. The van der Waals surface area contributed by atoms with Gasteiger partial charge in [0.2, 0.25) is 0 Å². The van der Waals surface area contributed by atoms with E-state index in [1.807, 2.05) is 43.8 Å². The number of hydrogen-bond acceptors (Lipinski definition) is 3. The van der Waals surface area contributed by atoms with Crippen molar-refractivity contribution in [2.45, 2.75) is 0 Å². The van der Waals surface area contributed by atoms with E-state index in [2.05, 4.69) is 116 Å². The molecule has 0 N–H and O–H groups in total. The number of furan rings is 1. The first-order valence-electron chi connectivity index (χ1n) is 15.1. The molecule has 0 saturated carbocycles. The molecule has 10 aromatic rings. The van der Waals surface area contributed by atoms with Crippen molar-refractivity contribution < 1.29 is 25.5 Å². The zero-order valence-electron chi connectivity index (χ0n) is 24.7. The van der Waals surface area contributed by atoms with Crippen molar-refractivity contribution in [3.8, 4) is 22.9 Å². The fourth-order valence-electron chi connectivity index (χ4n) is 7.16. The number of hydrogen-bond donors (Lipinski definition) is 0. The van der Waals surface area contributed by atoms with Crippen molar-refractivity contribution in [3.05, 3.63) is 134 Å². The van der Waals surface area contributed by atoms with Gasteiger partial charge in [-0.15, -0.1) is 0 Å². The number of nitrogens with zero attached hydrogens (tertiary/aromatic N) is 5. The van der Waals surface area contributed by atoms with Crippen molar-refractivity contribution >= 4 is 65.6 Å². The fraction of sp³-hybridized carbons (Fsp3) is 0.0256. The van der Waals surface area contributed by atoms with Gasteiger partial charge >= 0.3 is 21.1 Å². The summed E-state index contributed by atoms with van der Waals surface area (Å²) in [6.07, 6.45) is 5.72. The zero-order valence-corrected chi connectivity index (χ0v) is 26.9. The van der Waals surface area contributed by atoms with Gasteiger partial charge < -0.3 is 13.6 Å². The van der Waals surface area contributed by atoms with Gasteiger partial charge in [0.05, 0.1) is 22.1 Å². The molecule has 6 nitrogen and oxygen atoms in total. The van der Waals surface area contributed by atoms with E-state index >= 15 is 0 Å². The standard InChI is InChI=1S/C39H25N5O.Pt/c1-42-21-20-41-38(42)24-14-16-28-26-8-2-5-11-32(26)43(34(28)22-24)25-15-17-29-27-9-3-6-12-33(27)44(35(29)23-25)39-37-31(18-19-40-39)30-10-4-7-13-36(30)45-37;/h2-23H,1H3;/q;+2. The molecule has 10 rings (SSSR count). The number of para-hydroxylation sites is 3. The van der Waals surface area contributed by atoms with Gasteiger partial charge in [-0.3, -0.25) is 4.57 Å². The predicted molar refractivity (Wildman–Crippen MR) is 182 cm³/mol. The predicted octanol–water partition coefficient (Wildman–Crippen LogP) is 9.57. The molecule has 0 bridgehead atoms. The van der Waals surface area contributed by atoms with E-state index < -0.39 is 0 Å². The second-order valence-corrected chi connectivity index (χ2v) is 11.6. The third kappa shape index (κ3) is 3.68. The Hall–Kier alpha value is -5.45. The Morgan fingerprint density at radius 1 is 0.543 bits per heavy atom. The molecule has 0 aliphatic heterocycles. The molecule has 5 aromatic heterocycles. The summed E-state index contributed by atoms with van der Waals surface area (Å²) in [7, 11) is 2.03. The van der Waals surface area contributed by atoms with Gasteiger partial charge in [0.1, 0.15) is 11.4 Å². The van der Waals surface area contributed by atoms with Crippen LogP contribution < -0.4 is 0 Å². The topological polar surface area (TPSA) is 53.7 Å². The largest absolute Gasteiger partial charge is 2.00 e. The molecule has 220 valence electrons. The summed E-state index contributed by atoms with van der Waals surface area (Å²) < 4.78 is 13.2. The molecule has 5 aromatic carbocycles. The molecule has 7 heteroatoms. The van der Waals surface area contributed by atoms with E-state index in [1.165, 1.54) is 21.5 Å². The summed E-state index contributed by atoms with van der Waals surface area (Å²) in [4.78, 5) is 9.57. The van der Waals surface area contributed by atoms with Crippen LogP contribution >= 0.6 is 0 Å². The van der Waals surface area contributed by atoms with Crippen LogP contribution in [0.15, 0.2) is 138 Å². The number of pyridine rings is 1. The van der Waals surface area contributed by atoms with Crippen molar-refractivity contribution in [3.63, 3.8) is 0 Å². The van der Waals surface area contributed by atoms with Crippen molar-refractivity contribution in [2.24, 2.45) is 7.05 Å². The molecule has 0 saturated heterocycles. The minimum absolute atomic E-state index is 0. The van der Waals surface area contributed by atoms with Gasteiger partial charge in [-0.05, 0) is 42.5 Å². The number of imidazole rings is 1. The molecule has 0 spiro atoms. The van der Waals surface area contributed by atoms with Crippen LogP contribution in [0.1, 0.15) is 0 Å². The van der Waals surface area contributed by atoms with E-state index in [0.29, 0.717) is 0 Å². The quantitative estimate of drug-likeness (QED) is 0.180. The molecule has 0 aliphatic rings. The van der Waals surface area contributed by atoms with E-state index in [4.69, 9.17) is 9.40 Å². The fourth-order valence-corrected chi connectivity index (χ4v) is 7.16. The Morgan fingerprint density at radius 2 is 1.20 bits per heavy atom. The van der Waals surface area contributed by atoms with Crippen LogP contribution in [0, 0.1) is 0 Å². The summed E-state index contributed by atoms with van der Waals surface area (Å²) in [6, 6.07) is 40.8. The van der Waals surface area contributed by atoms with E-state index in [-0.39, 0.29) is 21.1 Å². The maximum Gasteiger partial charge on any atom is 2.00 e. The van der Waals surface area contributed by atoms with Crippen molar-refractivity contribution in [1.29, 1.82) is 0 Å². The van der Waals surface area contributed by atoms with Gasteiger partial charge in [0.25, 0.3) is 0 Å². The minimum Gasteiger partial charge on any atom is -0.452 e. The Kier molecular flexibility index (Phi) is 5.87. The van der Waals surface area contributed by atoms with Gasteiger partial charge in [-0.2, -0.15) is 0 Å². The van der Waals surface area contributed by atoms with Crippen LogP contribution in [-0.2, 0) is 28.1 Å². The number of benzene rings is 5. The first kappa shape index (κ1) is 26.9. The molecular weight excluding hydrogens is 750 g/mol. The SMILES string of the molecule is Cn1ccnc1-c1ccc2c3ccccc3n(-c3ccc4c5ccccc5n(-c5nccc6c5oc5ccccc56)c4c3)c2c1.[Pt+2]. The van der Waals surface area contributed by atoms with Gasteiger partial charge in [-0.1, -0.05) is 72.8 Å².